The van der Waals surface area contributed by atoms with Gasteiger partial charge in [0, 0.05) is 7.11 Å². The van der Waals surface area contributed by atoms with E-state index in [9.17, 15) is 10.1 Å². The normalized spacial score (nSPS) is 10.3. The molecule has 0 aliphatic carbocycles. The summed E-state index contributed by atoms with van der Waals surface area (Å²) in [6, 6.07) is 2.37. The molecule has 1 rings (SSSR count). The zero-order valence-electron chi connectivity index (χ0n) is 9.80. The highest BCUT2D eigenvalue weighted by molar-refractivity contribution is 6.29. The molecular formula is C10H13ClN2O5. The van der Waals surface area contributed by atoms with Crippen molar-refractivity contribution in [3.63, 3.8) is 0 Å². The van der Waals surface area contributed by atoms with Crippen LogP contribution in [0.5, 0.6) is 5.88 Å². The number of aromatic nitrogens is 1. The van der Waals surface area contributed by atoms with E-state index in [-0.39, 0.29) is 23.3 Å². The Balaban J connectivity index is 2.40. The van der Waals surface area contributed by atoms with E-state index in [0.29, 0.717) is 19.8 Å². The van der Waals surface area contributed by atoms with Crippen molar-refractivity contribution in [1.29, 1.82) is 0 Å². The number of pyridine rings is 1. The number of methoxy groups -OCH3 is 1. The summed E-state index contributed by atoms with van der Waals surface area (Å²) in [5.74, 6) is 0.101. The number of nitrogens with zero attached hydrogens (tertiary/aromatic N) is 2. The van der Waals surface area contributed by atoms with Gasteiger partial charge in [0.1, 0.15) is 11.8 Å². The second kappa shape index (κ2) is 7.80. The molecule has 1 heterocycles. The topological polar surface area (TPSA) is 83.7 Å². The lowest BCUT2D eigenvalue weighted by Crippen LogP contribution is -2.10. The molecule has 0 saturated carbocycles. The molecule has 0 fully saturated rings. The Morgan fingerprint density at radius 3 is 2.72 bits per heavy atom. The van der Waals surface area contributed by atoms with Gasteiger partial charge in [-0.25, -0.2) is 4.98 Å². The van der Waals surface area contributed by atoms with E-state index in [4.69, 9.17) is 25.8 Å². The zero-order valence-corrected chi connectivity index (χ0v) is 10.6. The third-order valence-corrected chi connectivity index (χ3v) is 2.07. The molecule has 0 aromatic carbocycles. The molecule has 0 amide bonds. The van der Waals surface area contributed by atoms with E-state index in [1.165, 1.54) is 6.07 Å². The van der Waals surface area contributed by atoms with Gasteiger partial charge in [0.15, 0.2) is 0 Å². The second-order valence-corrected chi connectivity index (χ2v) is 3.58. The van der Waals surface area contributed by atoms with Crippen LogP contribution in [0.1, 0.15) is 0 Å². The number of ether oxygens (including phenoxy) is 3. The quantitative estimate of drug-likeness (QED) is 0.311. The van der Waals surface area contributed by atoms with Crippen LogP contribution < -0.4 is 4.74 Å². The minimum absolute atomic E-state index is 0.0134. The lowest BCUT2D eigenvalue weighted by molar-refractivity contribution is -0.385. The molecule has 0 bridgehead atoms. The summed E-state index contributed by atoms with van der Waals surface area (Å²) in [5, 5.41) is 10.6. The molecular weight excluding hydrogens is 264 g/mol. The number of hydrogen-bond acceptors (Lipinski definition) is 6. The molecule has 100 valence electrons. The lowest BCUT2D eigenvalue weighted by atomic mass is 10.4. The fourth-order valence-corrected chi connectivity index (χ4v) is 1.28. The number of rotatable bonds is 8. The van der Waals surface area contributed by atoms with Crippen molar-refractivity contribution in [1.82, 2.24) is 4.98 Å². The van der Waals surface area contributed by atoms with Gasteiger partial charge >= 0.3 is 0 Å². The maximum atomic E-state index is 10.6. The van der Waals surface area contributed by atoms with Crippen LogP contribution in [0.3, 0.4) is 0 Å². The molecule has 0 atom stereocenters. The van der Waals surface area contributed by atoms with Gasteiger partial charge in [-0.3, -0.25) is 10.1 Å². The number of nitro groups is 1. The standard InChI is InChI=1S/C10H13ClN2O5/c1-16-2-3-17-4-5-18-10-7-8(13(14)15)6-9(11)12-10/h6-7H,2-5H2,1H3. The predicted molar refractivity (Wildman–Crippen MR) is 64.1 cm³/mol. The fourth-order valence-electron chi connectivity index (χ4n) is 1.09. The van der Waals surface area contributed by atoms with Crippen molar-refractivity contribution < 1.29 is 19.1 Å². The van der Waals surface area contributed by atoms with Crippen molar-refractivity contribution in [2.45, 2.75) is 0 Å². The Morgan fingerprint density at radius 1 is 1.33 bits per heavy atom. The first-order valence-electron chi connectivity index (χ1n) is 5.15. The van der Waals surface area contributed by atoms with Crippen molar-refractivity contribution in [3.05, 3.63) is 27.4 Å². The van der Waals surface area contributed by atoms with Crippen LogP contribution in [0.2, 0.25) is 5.15 Å². The molecule has 1 aromatic heterocycles. The Labute approximate surface area is 109 Å². The van der Waals surface area contributed by atoms with Crippen LogP contribution in [0.25, 0.3) is 0 Å². The first-order valence-corrected chi connectivity index (χ1v) is 5.52. The van der Waals surface area contributed by atoms with E-state index in [2.05, 4.69) is 4.98 Å². The molecule has 8 heteroatoms. The molecule has 0 radical (unpaired) electrons. The van der Waals surface area contributed by atoms with Crippen LogP contribution in [0, 0.1) is 10.1 Å². The highest BCUT2D eigenvalue weighted by Gasteiger charge is 2.10. The summed E-state index contributed by atoms with van der Waals surface area (Å²) in [5.41, 5.74) is -0.162. The first-order chi connectivity index (χ1) is 8.63. The van der Waals surface area contributed by atoms with Gasteiger partial charge in [0.25, 0.3) is 5.69 Å². The molecule has 1 aromatic rings. The molecule has 0 unspecified atom stereocenters. The molecule has 18 heavy (non-hydrogen) atoms. The van der Waals surface area contributed by atoms with Gasteiger partial charge in [-0.1, -0.05) is 11.6 Å². The molecule has 0 aliphatic heterocycles. The zero-order chi connectivity index (χ0) is 13.4. The van der Waals surface area contributed by atoms with Gasteiger partial charge in [-0.15, -0.1) is 0 Å². The number of halogens is 1. The monoisotopic (exact) mass is 276 g/mol. The summed E-state index contributed by atoms with van der Waals surface area (Å²) in [4.78, 5) is 13.8. The summed E-state index contributed by atoms with van der Waals surface area (Å²) < 4.78 is 15.1. The Kier molecular flexibility index (Phi) is 6.34. The minimum atomic E-state index is -0.560. The molecule has 0 aliphatic rings. The van der Waals surface area contributed by atoms with Crippen LogP contribution in [0.15, 0.2) is 12.1 Å². The average molecular weight is 277 g/mol. The third kappa shape index (κ3) is 5.26. The van der Waals surface area contributed by atoms with E-state index >= 15 is 0 Å². The van der Waals surface area contributed by atoms with Crippen LogP contribution in [-0.2, 0) is 9.47 Å². The van der Waals surface area contributed by atoms with Crippen molar-refractivity contribution >= 4 is 17.3 Å². The van der Waals surface area contributed by atoms with Gasteiger partial charge in [0.2, 0.25) is 5.88 Å². The van der Waals surface area contributed by atoms with Crippen molar-refractivity contribution in [2.24, 2.45) is 0 Å². The van der Waals surface area contributed by atoms with Crippen molar-refractivity contribution in [3.8, 4) is 5.88 Å². The Bertz CT molecular complexity index is 402. The van der Waals surface area contributed by atoms with Crippen molar-refractivity contribution in [2.75, 3.05) is 33.5 Å². The van der Waals surface area contributed by atoms with Crippen LogP contribution in [0.4, 0.5) is 5.69 Å². The molecule has 0 saturated heterocycles. The fraction of sp³-hybridized carbons (Fsp3) is 0.500. The lowest BCUT2D eigenvalue weighted by Gasteiger charge is -2.06. The summed E-state index contributed by atoms with van der Waals surface area (Å²) in [6.45, 7) is 1.53. The largest absolute Gasteiger partial charge is 0.475 e. The van der Waals surface area contributed by atoms with Gasteiger partial charge < -0.3 is 14.2 Å². The van der Waals surface area contributed by atoms with E-state index in [0.717, 1.165) is 6.07 Å². The van der Waals surface area contributed by atoms with Gasteiger partial charge in [-0.2, -0.15) is 0 Å². The maximum Gasteiger partial charge on any atom is 0.277 e. The second-order valence-electron chi connectivity index (χ2n) is 3.20. The number of hydrogen-bond donors (Lipinski definition) is 0. The minimum Gasteiger partial charge on any atom is -0.475 e. The van der Waals surface area contributed by atoms with Gasteiger partial charge in [0.05, 0.1) is 36.9 Å². The van der Waals surface area contributed by atoms with Crippen LogP contribution >= 0.6 is 11.6 Å². The SMILES string of the molecule is COCCOCCOc1cc([N+](=O)[O-])cc(Cl)n1. The third-order valence-electron chi connectivity index (χ3n) is 1.88. The Morgan fingerprint density at radius 2 is 2.06 bits per heavy atom. The first kappa shape index (κ1) is 14.6. The van der Waals surface area contributed by atoms with E-state index in [1.54, 1.807) is 7.11 Å². The highest BCUT2D eigenvalue weighted by Crippen LogP contribution is 2.21. The summed E-state index contributed by atoms with van der Waals surface area (Å²) in [7, 11) is 1.58. The highest BCUT2D eigenvalue weighted by atomic mass is 35.5. The molecule has 0 spiro atoms. The van der Waals surface area contributed by atoms with E-state index < -0.39 is 4.92 Å². The van der Waals surface area contributed by atoms with E-state index in [1.807, 2.05) is 0 Å². The predicted octanol–water partition coefficient (Wildman–Crippen LogP) is 1.68. The van der Waals surface area contributed by atoms with Crippen LogP contribution in [-0.4, -0.2) is 43.4 Å². The molecule has 7 nitrogen and oxygen atoms in total. The smallest absolute Gasteiger partial charge is 0.277 e. The van der Waals surface area contributed by atoms with Gasteiger partial charge in [-0.05, 0) is 0 Å². The average Bonchev–Trinajstić information content (AvgIpc) is 2.33. The summed E-state index contributed by atoms with van der Waals surface area (Å²) >= 11 is 5.63. The summed E-state index contributed by atoms with van der Waals surface area (Å²) in [6.07, 6.45) is 0. The Hall–Kier alpha value is -1.44. The molecule has 0 N–H and O–H groups in total. The maximum absolute atomic E-state index is 10.6.